The van der Waals surface area contributed by atoms with Crippen LogP contribution in [0.1, 0.15) is 24.1 Å². The number of aromatic nitrogens is 2. The number of halogens is 2. The summed E-state index contributed by atoms with van der Waals surface area (Å²) < 4.78 is 2.93. The van der Waals surface area contributed by atoms with Crippen molar-refractivity contribution >= 4 is 45.9 Å². The van der Waals surface area contributed by atoms with Crippen molar-refractivity contribution < 1.29 is 0 Å². The van der Waals surface area contributed by atoms with E-state index in [9.17, 15) is 0 Å². The van der Waals surface area contributed by atoms with Gasteiger partial charge in [0.2, 0.25) is 0 Å². The quantitative estimate of drug-likeness (QED) is 0.327. The number of nitrogens with zero attached hydrogens (tertiary/aromatic N) is 5. The molecule has 0 aliphatic heterocycles. The van der Waals surface area contributed by atoms with Crippen LogP contribution in [0.2, 0.25) is 0 Å². The first-order valence-corrected chi connectivity index (χ1v) is 9.58. The van der Waals surface area contributed by atoms with Crippen LogP contribution in [0, 0.1) is 0 Å². The van der Waals surface area contributed by atoms with Gasteiger partial charge in [0.1, 0.15) is 0 Å². The molecule has 1 heterocycles. The highest BCUT2D eigenvalue weighted by atomic mass is 127. The molecule has 8 heteroatoms. The van der Waals surface area contributed by atoms with E-state index in [0.717, 1.165) is 23.5 Å². The van der Waals surface area contributed by atoms with Gasteiger partial charge in [0.05, 0.1) is 18.8 Å². The number of nitrogens with one attached hydrogen (secondary N) is 1. The number of likely N-dealkylation sites (N-methyl/N-ethyl adjacent to an activating group) is 1. The van der Waals surface area contributed by atoms with Gasteiger partial charge in [0.25, 0.3) is 0 Å². The van der Waals surface area contributed by atoms with Gasteiger partial charge in [-0.25, -0.2) is 0 Å². The van der Waals surface area contributed by atoms with E-state index in [1.54, 1.807) is 0 Å². The minimum absolute atomic E-state index is 0. The Labute approximate surface area is 188 Å². The van der Waals surface area contributed by atoms with Crippen LogP contribution in [-0.4, -0.2) is 59.8 Å². The smallest absolute Gasteiger partial charge is 0.194 e. The Morgan fingerprint density at radius 1 is 1.26 bits per heavy atom. The summed E-state index contributed by atoms with van der Waals surface area (Å²) in [7, 11) is 8.16. The molecule has 0 aliphatic rings. The van der Waals surface area contributed by atoms with Crippen LogP contribution in [0.15, 0.2) is 46.1 Å². The zero-order valence-corrected chi connectivity index (χ0v) is 20.6. The summed E-state index contributed by atoms with van der Waals surface area (Å²) in [4.78, 5) is 9.21. The molecule has 150 valence electrons. The Hall–Kier alpha value is -1.13. The first-order valence-electron chi connectivity index (χ1n) is 8.79. The monoisotopic (exact) mass is 548 g/mol. The minimum Gasteiger partial charge on any atom is -0.357 e. The maximum absolute atomic E-state index is 4.88. The molecule has 1 aromatic heterocycles. The van der Waals surface area contributed by atoms with E-state index in [0.29, 0.717) is 6.54 Å². The van der Waals surface area contributed by atoms with Crippen LogP contribution in [0.25, 0.3) is 0 Å². The second-order valence-electron chi connectivity index (χ2n) is 6.60. The lowest BCUT2D eigenvalue weighted by Gasteiger charge is -2.25. The van der Waals surface area contributed by atoms with Gasteiger partial charge >= 0.3 is 0 Å². The third kappa shape index (κ3) is 7.42. The Morgan fingerprint density at radius 3 is 2.44 bits per heavy atom. The highest BCUT2D eigenvalue weighted by molar-refractivity contribution is 14.0. The molecule has 0 spiro atoms. The minimum atomic E-state index is 0. The molecule has 0 amide bonds. The SMILES string of the molecule is CCNC(=NCC(c1cnn(C)c1)N(C)C)N(C)Cc1ccc(Br)cc1.I. The van der Waals surface area contributed by atoms with E-state index in [1.165, 1.54) is 11.1 Å². The van der Waals surface area contributed by atoms with E-state index >= 15 is 0 Å². The Bertz CT molecular complexity index is 713. The topological polar surface area (TPSA) is 48.7 Å². The lowest BCUT2D eigenvalue weighted by atomic mass is 10.1. The number of hydrogen-bond acceptors (Lipinski definition) is 3. The third-order valence-electron chi connectivity index (χ3n) is 4.18. The van der Waals surface area contributed by atoms with Gasteiger partial charge < -0.3 is 15.1 Å². The molecule has 27 heavy (non-hydrogen) atoms. The summed E-state index contributed by atoms with van der Waals surface area (Å²) >= 11 is 3.48. The van der Waals surface area contributed by atoms with Crippen molar-refractivity contribution in [2.45, 2.75) is 19.5 Å². The predicted molar refractivity (Wildman–Crippen MR) is 127 cm³/mol. The summed E-state index contributed by atoms with van der Waals surface area (Å²) in [6.45, 7) is 4.40. The summed E-state index contributed by atoms with van der Waals surface area (Å²) in [5, 5.41) is 7.69. The number of hydrogen-bond donors (Lipinski definition) is 1. The molecule has 6 nitrogen and oxygen atoms in total. The third-order valence-corrected chi connectivity index (χ3v) is 4.71. The number of benzene rings is 1. The zero-order valence-electron chi connectivity index (χ0n) is 16.7. The molecule has 2 rings (SSSR count). The van der Waals surface area contributed by atoms with Crippen LogP contribution in [0.4, 0.5) is 0 Å². The fourth-order valence-corrected chi connectivity index (χ4v) is 3.02. The second kappa shape index (κ2) is 11.7. The molecule has 1 atom stereocenters. The Balaban J connectivity index is 0.00000364. The van der Waals surface area contributed by atoms with Crippen molar-refractivity contribution in [1.82, 2.24) is 24.9 Å². The van der Waals surface area contributed by atoms with Crippen LogP contribution in [0.3, 0.4) is 0 Å². The van der Waals surface area contributed by atoms with Crippen LogP contribution in [-0.2, 0) is 13.6 Å². The van der Waals surface area contributed by atoms with Crippen molar-refractivity contribution in [3.63, 3.8) is 0 Å². The van der Waals surface area contributed by atoms with Crippen molar-refractivity contribution in [2.75, 3.05) is 34.2 Å². The van der Waals surface area contributed by atoms with Gasteiger partial charge in [-0.05, 0) is 38.7 Å². The fraction of sp³-hybridized carbons (Fsp3) is 0.474. The molecule has 1 unspecified atom stereocenters. The van der Waals surface area contributed by atoms with Gasteiger partial charge in [-0.2, -0.15) is 5.10 Å². The molecule has 1 aromatic carbocycles. The first kappa shape index (κ1) is 23.9. The van der Waals surface area contributed by atoms with E-state index in [4.69, 9.17) is 4.99 Å². The highest BCUT2D eigenvalue weighted by Gasteiger charge is 2.16. The zero-order chi connectivity index (χ0) is 19.1. The molecule has 0 aliphatic carbocycles. The standard InChI is InChI=1S/C19H29BrN6.HI/c1-6-21-19(25(4)13-15-7-9-17(20)10-8-15)22-12-18(24(2)3)16-11-23-26(5)14-16;/h7-11,14,18H,6,12-13H2,1-5H3,(H,21,22);1H. The van der Waals surface area contributed by atoms with Crippen molar-refractivity contribution in [2.24, 2.45) is 12.0 Å². The maximum atomic E-state index is 4.88. The summed E-state index contributed by atoms with van der Waals surface area (Å²) in [6.07, 6.45) is 3.97. The second-order valence-corrected chi connectivity index (χ2v) is 7.52. The summed E-state index contributed by atoms with van der Waals surface area (Å²) in [5.74, 6) is 0.908. The van der Waals surface area contributed by atoms with Crippen LogP contribution in [0.5, 0.6) is 0 Å². The average molecular weight is 549 g/mol. The van der Waals surface area contributed by atoms with E-state index < -0.39 is 0 Å². The Morgan fingerprint density at radius 2 is 1.93 bits per heavy atom. The lowest BCUT2D eigenvalue weighted by molar-refractivity contribution is 0.305. The molecule has 1 N–H and O–H groups in total. The number of rotatable bonds is 7. The average Bonchev–Trinajstić information content (AvgIpc) is 3.02. The molecular weight excluding hydrogens is 519 g/mol. The van der Waals surface area contributed by atoms with E-state index in [-0.39, 0.29) is 30.0 Å². The van der Waals surface area contributed by atoms with E-state index in [2.05, 4.69) is 94.7 Å². The summed E-state index contributed by atoms with van der Waals surface area (Å²) in [6, 6.07) is 8.58. The van der Waals surface area contributed by atoms with Gasteiger partial charge in [-0.1, -0.05) is 28.1 Å². The van der Waals surface area contributed by atoms with Crippen LogP contribution < -0.4 is 5.32 Å². The number of guanidine groups is 1. The first-order chi connectivity index (χ1) is 12.4. The Kier molecular flexibility index (Phi) is 10.3. The van der Waals surface area contributed by atoms with Crippen molar-refractivity contribution in [3.05, 3.63) is 52.3 Å². The molecule has 0 saturated carbocycles. The molecule has 2 aromatic rings. The van der Waals surface area contributed by atoms with E-state index in [1.807, 2.05) is 17.9 Å². The normalized spacial score (nSPS) is 12.6. The van der Waals surface area contributed by atoms with Crippen molar-refractivity contribution in [1.29, 1.82) is 0 Å². The lowest BCUT2D eigenvalue weighted by Crippen LogP contribution is -2.39. The van der Waals surface area contributed by atoms with Crippen LogP contribution >= 0.6 is 39.9 Å². The maximum Gasteiger partial charge on any atom is 0.194 e. The number of aliphatic imine (C=N–C) groups is 1. The highest BCUT2D eigenvalue weighted by Crippen LogP contribution is 2.18. The molecule has 0 bridgehead atoms. The molecule has 0 radical (unpaired) electrons. The molecule has 0 fully saturated rings. The van der Waals surface area contributed by atoms with Gasteiger partial charge in [0.15, 0.2) is 5.96 Å². The molecular formula is C19H30BrIN6. The predicted octanol–water partition coefficient (Wildman–Crippen LogP) is 3.50. The summed E-state index contributed by atoms with van der Waals surface area (Å²) in [5.41, 5.74) is 2.42. The van der Waals surface area contributed by atoms with Crippen molar-refractivity contribution in [3.8, 4) is 0 Å². The molecule has 0 saturated heterocycles. The fourth-order valence-electron chi connectivity index (χ4n) is 2.76. The van der Waals surface area contributed by atoms with Gasteiger partial charge in [0, 0.05) is 43.4 Å². The van der Waals surface area contributed by atoms with Gasteiger partial charge in [-0.15, -0.1) is 24.0 Å². The largest absolute Gasteiger partial charge is 0.357 e. The number of aryl methyl sites for hydroxylation is 1. The van der Waals surface area contributed by atoms with Gasteiger partial charge in [-0.3, -0.25) is 9.67 Å².